The van der Waals surface area contributed by atoms with Gasteiger partial charge in [0.05, 0.1) is 5.60 Å². The van der Waals surface area contributed by atoms with E-state index in [2.05, 4.69) is 5.32 Å². The largest absolute Gasteiger partial charge is 0.381 e. The van der Waals surface area contributed by atoms with E-state index in [0.717, 1.165) is 25.5 Å². The highest BCUT2D eigenvalue weighted by Gasteiger charge is 2.40. The van der Waals surface area contributed by atoms with Crippen molar-refractivity contribution >= 4 is 0 Å². The van der Waals surface area contributed by atoms with Gasteiger partial charge in [0, 0.05) is 45.3 Å². The molecule has 0 radical (unpaired) electrons. The minimum atomic E-state index is -0.543. The Bertz CT molecular complexity index is 441. The van der Waals surface area contributed by atoms with Crippen LogP contribution in [0, 0.1) is 11.6 Å². The Hall–Kier alpha value is -1.04. The number of benzene rings is 1. The lowest BCUT2D eigenvalue weighted by atomic mass is 9.82. The average molecular weight is 299 g/mol. The molecule has 0 aromatic heterocycles. The molecule has 1 aliphatic heterocycles. The molecule has 1 fully saturated rings. The predicted molar refractivity (Wildman–Crippen MR) is 77.3 cm³/mol. The fourth-order valence-corrected chi connectivity index (χ4v) is 3.07. The summed E-state index contributed by atoms with van der Waals surface area (Å²) in [7, 11) is 1.70. The smallest absolute Gasteiger partial charge is 0.126 e. The van der Waals surface area contributed by atoms with E-state index in [1.807, 2.05) is 6.92 Å². The van der Waals surface area contributed by atoms with Crippen LogP contribution in [0.2, 0.25) is 0 Å². The minimum Gasteiger partial charge on any atom is -0.381 e. The van der Waals surface area contributed by atoms with Gasteiger partial charge >= 0.3 is 0 Å². The number of nitrogens with one attached hydrogen (secondary N) is 1. The van der Waals surface area contributed by atoms with Crippen molar-refractivity contribution in [1.29, 1.82) is 0 Å². The molecule has 0 aliphatic carbocycles. The quantitative estimate of drug-likeness (QED) is 0.876. The third kappa shape index (κ3) is 3.99. The number of halogens is 2. The van der Waals surface area contributed by atoms with Gasteiger partial charge in [-0.2, -0.15) is 0 Å². The maximum Gasteiger partial charge on any atom is 0.126 e. The van der Waals surface area contributed by atoms with Gasteiger partial charge in [-0.15, -0.1) is 0 Å². The van der Waals surface area contributed by atoms with E-state index in [1.165, 1.54) is 12.1 Å². The molecule has 1 aromatic rings. The van der Waals surface area contributed by atoms with Crippen molar-refractivity contribution in [3.63, 3.8) is 0 Å². The highest BCUT2D eigenvalue weighted by atomic mass is 19.1. The molecular formula is C16H23F2NO2. The van der Waals surface area contributed by atoms with Crippen LogP contribution in [0.5, 0.6) is 0 Å². The van der Waals surface area contributed by atoms with Crippen molar-refractivity contribution in [3.8, 4) is 0 Å². The second kappa shape index (κ2) is 7.29. The van der Waals surface area contributed by atoms with E-state index in [0.29, 0.717) is 25.2 Å². The maximum absolute atomic E-state index is 13.4. The Morgan fingerprint density at radius 2 is 1.86 bits per heavy atom. The molecule has 2 rings (SSSR count). The monoisotopic (exact) mass is 299 g/mol. The van der Waals surface area contributed by atoms with Gasteiger partial charge in [-0.3, -0.25) is 0 Å². The molecule has 1 heterocycles. The Morgan fingerprint density at radius 1 is 1.24 bits per heavy atom. The van der Waals surface area contributed by atoms with Crippen LogP contribution >= 0.6 is 0 Å². The normalized spacial score (nSPS) is 19.4. The topological polar surface area (TPSA) is 30.5 Å². The molecule has 3 nitrogen and oxygen atoms in total. The summed E-state index contributed by atoms with van der Waals surface area (Å²) in [4.78, 5) is 0. The van der Waals surface area contributed by atoms with Crippen molar-refractivity contribution in [1.82, 2.24) is 5.32 Å². The summed E-state index contributed by atoms with van der Waals surface area (Å²) >= 11 is 0. The molecule has 1 unspecified atom stereocenters. The molecule has 1 aromatic carbocycles. The van der Waals surface area contributed by atoms with Gasteiger partial charge in [-0.05, 0) is 30.7 Å². The van der Waals surface area contributed by atoms with Crippen LogP contribution in [0.3, 0.4) is 0 Å². The summed E-state index contributed by atoms with van der Waals surface area (Å²) in [6, 6.07) is 3.66. The summed E-state index contributed by atoms with van der Waals surface area (Å²) in [5.41, 5.74) is 0.290. The van der Waals surface area contributed by atoms with Crippen LogP contribution < -0.4 is 5.32 Å². The van der Waals surface area contributed by atoms with Gasteiger partial charge in [0.15, 0.2) is 0 Å². The summed E-state index contributed by atoms with van der Waals surface area (Å²) in [5, 5.41) is 3.41. The first-order chi connectivity index (χ1) is 10.1. The third-order valence-electron chi connectivity index (χ3n) is 4.19. The van der Waals surface area contributed by atoms with E-state index in [9.17, 15) is 8.78 Å². The van der Waals surface area contributed by atoms with Crippen molar-refractivity contribution < 1.29 is 18.3 Å². The number of hydrogen-bond donors (Lipinski definition) is 1. The molecule has 0 amide bonds. The molecule has 0 saturated carbocycles. The summed E-state index contributed by atoms with van der Waals surface area (Å²) < 4.78 is 38.0. The van der Waals surface area contributed by atoms with Crippen LogP contribution in [-0.4, -0.2) is 38.5 Å². The molecule has 1 saturated heterocycles. The molecule has 1 atom stereocenters. The maximum atomic E-state index is 13.4. The zero-order valence-electron chi connectivity index (χ0n) is 12.6. The molecular weight excluding hydrogens is 276 g/mol. The SMILES string of the molecule is CCNC(Cc1cc(F)cc(F)c1)C1(OC)CCOCC1. The number of rotatable bonds is 6. The van der Waals surface area contributed by atoms with E-state index in [1.54, 1.807) is 7.11 Å². The highest BCUT2D eigenvalue weighted by molar-refractivity contribution is 5.20. The van der Waals surface area contributed by atoms with E-state index in [-0.39, 0.29) is 11.6 Å². The molecule has 0 spiro atoms. The van der Waals surface area contributed by atoms with Crippen LogP contribution in [-0.2, 0) is 15.9 Å². The highest BCUT2D eigenvalue weighted by Crippen LogP contribution is 2.30. The second-order valence-electron chi connectivity index (χ2n) is 5.47. The lowest BCUT2D eigenvalue weighted by molar-refractivity contribution is -0.110. The van der Waals surface area contributed by atoms with E-state index in [4.69, 9.17) is 9.47 Å². The van der Waals surface area contributed by atoms with Crippen LogP contribution in [0.1, 0.15) is 25.3 Å². The lowest BCUT2D eigenvalue weighted by Gasteiger charge is -2.42. The first kappa shape index (κ1) is 16.3. The van der Waals surface area contributed by atoms with E-state index < -0.39 is 11.6 Å². The first-order valence-corrected chi connectivity index (χ1v) is 7.41. The second-order valence-corrected chi connectivity index (χ2v) is 5.47. The van der Waals surface area contributed by atoms with Gasteiger partial charge < -0.3 is 14.8 Å². The van der Waals surface area contributed by atoms with Crippen LogP contribution in [0.25, 0.3) is 0 Å². The number of likely N-dealkylation sites (N-methyl/N-ethyl adjacent to an activating group) is 1. The molecule has 1 aliphatic rings. The Kier molecular flexibility index (Phi) is 5.67. The summed E-state index contributed by atoms with van der Waals surface area (Å²) in [5.74, 6) is -1.09. The summed E-state index contributed by atoms with van der Waals surface area (Å²) in [6.45, 7) is 4.08. The van der Waals surface area contributed by atoms with E-state index >= 15 is 0 Å². The number of hydrogen-bond acceptors (Lipinski definition) is 3. The standard InChI is InChI=1S/C16H23F2NO2/c1-3-19-15(16(20-2)4-6-21-7-5-16)10-12-8-13(17)11-14(18)9-12/h8-9,11,15,19H,3-7,10H2,1-2H3. The molecule has 1 N–H and O–H groups in total. The van der Waals surface area contributed by atoms with Crippen LogP contribution in [0.15, 0.2) is 18.2 Å². The molecule has 118 valence electrons. The first-order valence-electron chi connectivity index (χ1n) is 7.41. The average Bonchev–Trinajstić information content (AvgIpc) is 2.46. The van der Waals surface area contributed by atoms with Gasteiger partial charge in [0.25, 0.3) is 0 Å². The van der Waals surface area contributed by atoms with Crippen molar-refractivity contribution in [3.05, 3.63) is 35.4 Å². The van der Waals surface area contributed by atoms with Gasteiger partial charge in [-0.25, -0.2) is 8.78 Å². The zero-order chi connectivity index (χ0) is 15.3. The Balaban J connectivity index is 2.21. The van der Waals surface area contributed by atoms with Crippen molar-refractivity contribution in [2.24, 2.45) is 0 Å². The Morgan fingerprint density at radius 3 is 2.38 bits per heavy atom. The predicted octanol–water partition coefficient (Wildman–Crippen LogP) is 2.68. The fourth-order valence-electron chi connectivity index (χ4n) is 3.07. The zero-order valence-corrected chi connectivity index (χ0v) is 12.6. The van der Waals surface area contributed by atoms with Crippen LogP contribution in [0.4, 0.5) is 8.78 Å². The van der Waals surface area contributed by atoms with Gasteiger partial charge in [-0.1, -0.05) is 6.92 Å². The Labute approximate surface area is 124 Å². The van der Waals surface area contributed by atoms with Gasteiger partial charge in [0.1, 0.15) is 11.6 Å². The van der Waals surface area contributed by atoms with Gasteiger partial charge in [0.2, 0.25) is 0 Å². The number of methoxy groups -OCH3 is 1. The number of ether oxygens (including phenoxy) is 2. The lowest BCUT2D eigenvalue weighted by Crippen LogP contribution is -2.56. The molecule has 5 heteroatoms. The van der Waals surface area contributed by atoms with Crippen molar-refractivity contribution in [2.45, 2.75) is 37.8 Å². The van der Waals surface area contributed by atoms with Crippen molar-refractivity contribution in [2.75, 3.05) is 26.9 Å². The third-order valence-corrected chi connectivity index (χ3v) is 4.19. The molecule has 0 bridgehead atoms. The fraction of sp³-hybridized carbons (Fsp3) is 0.625. The molecule has 21 heavy (non-hydrogen) atoms. The summed E-state index contributed by atoms with van der Waals surface area (Å²) in [6.07, 6.45) is 2.08. The minimum absolute atomic E-state index is 0.00222.